The first-order chi connectivity index (χ1) is 8.78. The molecular formula is C15H21NOS. The summed E-state index contributed by atoms with van der Waals surface area (Å²) in [6, 6.07) is 8.63. The molecule has 0 spiro atoms. The Bertz CT molecular complexity index is 399. The Labute approximate surface area is 114 Å². The molecule has 0 aliphatic heterocycles. The lowest BCUT2D eigenvalue weighted by Gasteiger charge is -2.22. The highest BCUT2D eigenvalue weighted by Gasteiger charge is 2.16. The van der Waals surface area contributed by atoms with Crippen LogP contribution in [0.5, 0.6) is 0 Å². The number of hydrogen-bond acceptors (Lipinski definition) is 2. The van der Waals surface area contributed by atoms with Crippen LogP contribution in [0.3, 0.4) is 0 Å². The molecule has 0 atom stereocenters. The summed E-state index contributed by atoms with van der Waals surface area (Å²) in [7, 11) is 0. The maximum atomic E-state index is 11.9. The predicted molar refractivity (Wildman–Crippen MR) is 77.1 cm³/mol. The Morgan fingerprint density at radius 2 is 2.11 bits per heavy atom. The Kier molecular flexibility index (Phi) is 5.12. The highest BCUT2D eigenvalue weighted by Crippen LogP contribution is 2.22. The Morgan fingerprint density at radius 3 is 2.83 bits per heavy atom. The molecule has 1 aromatic rings. The van der Waals surface area contributed by atoms with Gasteiger partial charge in [0.05, 0.1) is 0 Å². The number of aryl methyl sites for hydroxylation is 1. The Morgan fingerprint density at radius 1 is 1.33 bits per heavy atom. The molecule has 98 valence electrons. The summed E-state index contributed by atoms with van der Waals surface area (Å²) in [4.78, 5) is 13.0. The average Bonchev–Trinajstić information content (AvgIpc) is 2.40. The van der Waals surface area contributed by atoms with Crippen LogP contribution in [-0.2, 0) is 6.42 Å². The third-order valence-corrected chi connectivity index (χ3v) is 4.24. The minimum atomic E-state index is 0.0927. The fourth-order valence-corrected chi connectivity index (χ4v) is 3.18. The normalized spacial score (nSPS) is 16.5. The second kappa shape index (κ2) is 6.83. The van der Waals surface area contributed by atoms with Gasteiger partial charge in [-0.2, -0.15) is 0 Å². The van der Waals surface area contributed by atoms with Crippen molar-refractivity contribution in [2.24, 2.45) is 0 Å². The first-order valence-electron chi connectivity index (χ1n) is 6.85. The topological polar surface area (TPSA) is 29.1 Å². The SMILES string of the molecule is CCc1cccc(SC(=O)NC2CCCCC2)c1. The summed E-state index contributed by atoms with van der Waals surface area (Å²) in [6.07, 6.45) is 7.11. The van der Waals surface area contributed by atoms with Crippen molar-refractivity contribution in [2.45, 2.75) is 56.4 Å². The van der Waals surface area contributed by atoms with Gasteiger partial charge in [-0.3, -0.25) is 4.79 Å². The van der Waals surface area contributed by atoms with Crippen molar-refractivity contribution in [1.29, 1.82) is 0 Å². The number of carbonyl (C=O) groups excluding carboxylic acids is 1. The zero-order valence-electron chi connectivity index (χ0n) is 10.9. The van der Waals surface area contributed by atoms with Crippen LogP contribution in [-0.4, -0.2) is 11.3 Å². The standard InChI is InChI=1S/C15H21NOS/c1-2-12-7-6-10-14(11-12)18-15(17)16-13-8-4-3-5-9-13/h6-7,10-11,13H,2-5,8-9H2,1H3,(H,16,17). The first-order valence-corrected chi connectivity index (χ1v) is 7.67. The summed E-state index contributed by atoms with van der Waals surface area (Å²) < 4.78 is 0. The molecule has 0 aromatic heterocycles. The van der Waals surface area contributed by atoms with Gasteiger partial charge in [0.2, 0.25) is 0 Å². The minimum Gasteiger partial charge on any atom is -0.344 e. The lowest BCUT2D eigenvalue weighted by atomic mass is 9.96. The monoisotopic (exact) mass is 263 g/mol. The maximum absolute atomic E-state index is 11.9. The third kappa shape index (κ3) is 4.05. The van der Waals surface area contributed by atoms with Crippen molar-refractivity contribution in [3.63, 3.8) is 0 Å². The van der Waals surface area contributed by atoms with Gasteiger partial charge >= 0.3 is 0 Å². The van der Waals surface area contributed by atoms with Gasteiger partial charge in [0.25, 0.3) is 5.24 Å². The van der Waals surface area contributed by atoms with Gasteiger partial charge < -0.3 is 5.32 Å². The van der Waals surface area contributed by atoms with E-state index >= 15 is 0 Å². The van der Waals surface area contributed by atoms with E-state index in [9.17, 15) is 4.79 Å². The minimum absolute atomic E-state index is 0.0927. The van der Waals surface area contributed by atoms with E-state index in [0.717, 1.165) is 24.2 Å². The second-order valence-corrected chi connectivity index (χ2v) is 5.92. The number of hydrogen-bond donors (Lipinski definition) is 1. The van der Waals surface area contributed by atoms with E-state index in [1.807, 2.05) is 12.1 Å². The van der Waals surface area contributed by atoms with E-state index in [1.165, 1.54) is 36.6 Å². The molecule has 2 rings (SSSR count). The van der Waals surface area contributed by atoms with E-state index in [1.54, 1.807) is 0 Å². The molecule has 18 heavy (non-hydrogen) atoms. The summed E-state index contributed by atoms with van der Waals surface area (Å²) in [5.41, 5.74) is 1.28. The average molecular weight is 263 g/mol. The summed E-state index contributed by atoms with van der Waals surface area (Å²) >= 11 is 1.32. The first kappa shape index (κ1) is 13.5. The van der Waals surface area contributed by atoms with Crippen LogP contribution in [0.2, 0.25) is 0 Å². The van der Waals surface area contributed by atoms with Crippen molar-refractivity contribution >= 4 is 17.0 Å². The van der Waals surface area contributed by atoms with Crippen LogP contribution >= 0.6 is 11.8 Å². The number of amides is 1. The fourth-order valence-electron chi connectivity index (χ4n) is 2.38. The molecule has 2 nitrogen and oxygen atoms in total. The highest BCUT2D eigenvalue weighted by molar-refractivity contribution is 8.13. The predicted octanol–water partition coefficient (Wildman–Crippen LogP) is 4.38. The van der Waals surface area contributed by atoms with Crippen molar-refractivity contribution in [3.05, 3.63) is 29.8 Å². The van der Waals surface area contributed by atoms with Crippen LogP contribution in [0.15, 0.2) is 29.2 Å². The smallest absolute Gasteiger partial charge is 0.284 e. The molecule has 1 N–H and O–H groups in total. The van der Waals surface area contributed by atoms with Crippen LogP contribution in [0, 0.1) is 0 Å². The van der Waals surface area contributed by atoms with E-state index < -0.39 is 0 Å². The van der Waals surface area contributed by atoms with E-state index in [2.05, 4.69) is 24.4 Å². The van der Waals surface area contributed by atoms with Gasteiger partial charge in [0.1, 0.15) is 0 Å². The zero-order valence-corrected chi connectivity index (χ0v) is 11.8. The quantitative estimate of drug-likeness (QED) is 0.820. The highest BCUT2D eigenvalue weighted by atomic mass is 32.2. The van der Waals surface area contributed by atoms with Crippen molar-refractivity contribution in [1.82, 2.24) is 5.32 Å². The fraction of sp³-hybridized carbons (Fsp3) is 0.533. The molecular weight excluding hydrogens is 242 g/mol. The van der Waals surface area contributed by atoms with Crippen LogP contribution in [0.4, 0.5) is 4.79 Å². The molecule has 0 saturated heterocycles. The van der Waals surface area contributed by atoms with E-state index in [-0.39, 0.29) is 5.24 Å². The van der Waals surface area contributed by atoms with E-state index in [0.29, 0.717) is 6.04 Å². The maximum Gasteiger partial charge on any atom is 0.284 e. The van der Waals surface area contributed by atoms with Crippen LogP contribution in [0.25, 0.3) is 0 Å². The summed E-state index contributed by atoms with van der Waals surface area (Å²) in [6.45, 7) is 2.13. The summed E-state index contributed by atoms with van der Waals surface area (Å²) in [5, 5.41) is 3.22. The van der Waals surface area contributed by atoms with Crippen LogP contribution < -0.4 is 5.32 Å². The number of carbonyl (C=O) groups is 1. The largest absolute Gasteiger partial charge is 0.344 e. The van der Waals surface area contributed by atoms with Crippen LogP contribution in [0.1, 0.15) is 44.6 Å². The molecule has 1 fully saturated rings. The third-order valence-electron chi connectivity index (χ3n) is 3.44. The van der Waals surface area contributed by atoms with Gasteiger partial charge in [0.15, 0.2) is 0 Å². The molecule has 1 aliphatic carbocycles. The molecule has 1 saturated carbocycles. The molecule has 0 heterocycles. The number of nitrogens with one attached hydrogen (secondary N) is 1. The Balaban J connectivity index is 1.85. The molecule has 1 amide bonds. The van der Waals surface area contributed by atoms with Gasteiger partial charge in [-0.05, 0) is 48.7 Å². The lowest BCUT2D eigenvalue weighted by molar-refractivity contribution is 0.253. The Hall–Kier alpha value is -0.960. The number of rotatable bonds is 3. The summed E-state index contributed by atoms with van der Waals surface area (Å²) in [5.74, 6) is 0. The number of benzene rings is 1. The molecule has 1 aromatic carbocycles. The van der Waals surface area contributed by atoms with Crippen molar-refractivity contribution in [3.8, 4) is 0 Å². The molecule has 0 radical (unpaired) electrons. The zero-order chi connectivity index (χ0) is 12.8. The lowest BCUT2D eigenvalue weighted by Crippen LogP contribution is -2.33. The molecule has 1 aliphatic rings. The number of thioether (sulfide) groups is 1. The van der Waals surface area contributed by atoms with Gasteiger partial charge in [-0.25, -0.2) is 0 Å². The van der Waals surface area contributed by atoms with Gasteiger partial charge in [-0.15, -0.1) is 0 Å². The van der Waals surface area contributed by atoms with Gasteiger partial charge in [0, 0.05) is 10.9 Å². The molecule has 0 bridgehead atoms. The van der Waals surface area contributed by atoms with Gasteiger partial charge in [-0.1, -0.05) is 38.3 Å². The van der Waals surface area contributed by atoms with E-state index in [4.69, 9.17) is 0 Å². The van der Waals surface area contributed by atoms with Crippen molar-refractivity contribution in [2.75, 3.05) is 0 Å². The van der Waals surface area contributed by atoms with Crippen molar-refractivity contribution < 1.29 is 4.79 Å². The molecule has 3 heteroatoms. The second-order valence-electron chi connectivity index (χ2n) is 4.87. The molecule has 0 unspecified atom stereocenters.